The summed E-state index contributed by atoms with van der Waals surface area (Å²) in [5, 5.41) is 2.45. The molecule has 0 aliphatic rings. The van der Waals surface area contributed by atoms with Crippen LogP contribution in [0.1, 0.15) is 18.1 Å². The van der Waals surface area contributed by atoms with E-state index in [1.54, 1.807) is 0 Å². The molecule has 0 atom stereocenters. The van der Waals surface area contributed by atoms with E-state index >= 15 is 0 Å². The Morgan fingerprint density at radius 2 is 2.14 bits per heavy atom. The van der Waals surface area contributed by atoms with Crippen molar-refractivity contribution in [2.45, 2.75) is 13.8 Å². The van der Waals surface area contributed by atoms with Gasteiger partial charge in [0, 0.05) is 17.8 Å². The molecule has 0 saturated carbocycles. The summed E-state index contributed by atoms with van der Waals surface area (Å²) in [4.78, 5) is 4.13. The monoisotopic (exact) mass is 183 g/mol. The topological polar surface area (TPSA) is 12.9 Å². The first-order valence-electron chi connectivity index (χ1n) is 4.69. The van der Waals surface area contributed by atoms with Crippen LogP contribution in [0.3, 0.4) is 0 Å². The van der Waals surface area contributed by atoms with Crippen LogP contribution in [0, 0.1) is 6.92 Å². The van der Waals surface area contributed by atoms with E-state index in [1.807, 2.05) is 25.4 Å². The average Bonchev–Trinajstić information content (AvgIpc) is 2.17. The Labute approximate surface area is 84.1 Å². The van der Waals surface area contributed by atoms with E-state index in [4.69, 9.17) is 0 Å². The second-order valence-corrected chi connectivity index (χ2v) is 3.67. The lowest BCUT2D eigenvalue weighted by atomic mass is 10.0. The lowest BCUT2D eigenvalue weighted by Crippen LogP contribution is -1.84. The van der Waals surface area contributed by atoms with Crippen molar-refractivity contribution in [3.05, 3.63) is 48.3 Å². The minimum atomic E-state index is 1.10. The van der Waals surface area contributed by atoms with Gasteiger partial charge >= 0.3 is 0 Å². The lowest BCUT2D eigenvalue weighted by Gasteiger charge is -2.05. The Kier molecular flexibility index (Phi) is 2.08. The Morgan fingerprint density at radius 1 is 1.36 bits per heavy atom. The predicted molar refractivity (Wildman–Crippen MR) is 61.2 cm³/mol. The zero-order valence-corrected chi connectivity index (χ0v) is 8.54. The Morgan fingerprint density at radius 3 is 2.86 bits per heavy atom. The van der Waals surface area contributed by atoms with Crippen molar-refractivity contribution >= 4 is 16.3 Å². The highest BCUT2D eigenvalue weighted by Crippen LogP contribution is 2.22. The molecule has 1 heterocycles. The second-order valence-electron chi connectivity index (χ2n) is 3.67. The minimum Gasteiger partial charge on any atom is -0.264 e. The average molecular weight is 183 g/mol. The van der Waals surface area contributed by atoms with E-state index < -0.39 is 0 Å². The first-order chi connectivity index (χ1) is 6.68. The van der Waals surface area contributed by atoms with E-state index in [1.165, 1.54) is 21.9 Å². The number of benzene rings is 1. The van der Waals surface area contributed by atoms with E-state index in [0.717, 1.165) is 5.57 Å². The molecule has 0 aliphatic heterocycles. The quantitative estimate of drug-likeness (QED) is 0.658. The summed E-state index contributed by atoms with van der Waals surface area (Å²) in [6.45, 7) is 8.09. The van der Waals surface area contributed by atoms with Crippen LogP contribution >= 0.6 is 0 Å². The molecule has 0 spiro atoms. The molecule has 2 aromatic rings. The predicted octanol–water partition coefficient (Wildman–Crippen LogP) is 3.58. The third-order valence-corrected chi connectivity index (χ3v) is 2.46. The number of hydrogen-bond donors (Lipinski definition) is 0. The Hall–Kier alpha value is -1.63. The maximum absolute atomic E-state index is 4.13. The molecule has 70 valence electrons. The summed E-state index contributed by atoms with van der Waals surface area (Å²) in [5.74, 6) is 0. The summed E-state index contributed by atoms with van der Waals surface area (Å²) in [5.41, 5.74) is 3.57. The number of aromatic nitrogens is 1. The SMILES string of the molecule is C=C(C)c1cc(C)c2cnccc2c1. The van der Waals surface area contributed by atoms with Gasteiger partial charge in [0.1, 0.15) is 0 Å². The molecule has 0 aliphatic carbocycles. The molecule has 0 amide bonds. The number of nitrogens with zero attached hydrogens (tertiary/aromatic N) is 1. The van der Waals surface area contributed by atoms with Gasteiger partial charge in [-0.1, -0.05) is 18.2 Å². The smallest absolute Gasteiger partial charge is 0.0349 e. The maximum Gasteiger partial charge on any atom is 0.0349 e. The van der Waals surface area contributed by atoms with Crippen LogP contribution in [-0.4, -0.2) is 4.98 Å². The van der Waals surface area contributed by atoms with Gasteiger partial charge in [0.2, 0.25) is 0 Å². The number of hydrogen-bond acceptors (Lipinski definition) is 1. The van der Waals surface area contributed by atoms with Crippen LogP contribution in [0.2, 0.25) is 0 Å². The van der Waals surface area contributed by atoms with E-state index in [-0.39, 0.29) is 0 Å². The van der Waals surface area contributed by atoms with Crippen LogP contribution < -0.4 is 0 Å². The van der Waals surface area contributed by atoms with Crippen LogP contribution in [-0.2, 0) is 0 Å². The summed E-state index contributed by atoms with van der Waals surface area (Å²) in [7, 11) is 0. The van der Waals surface area contributed by atoms with Gasteiger partial charge in [0.25, 0.3) is 0 Å². The highest BCUT2D eigenvalue weighted by atomic mass is 14.6. The Bertz CT molecular complexity index is 498. The van der Waals surface area contributed by atoms with Crippen molar-refractivity contribution < 1.29 is 0 Å². The molecule has 0 N–H and O–H groups in total. The van der Waals surface area contributed by atoms with Crippen molar-refractivity contribution in [2.75, 3.05) is 0 Å². The number of rotatable bonds is 1. The number of aryl methyl sites for hydroxylation is 1. The van der Waals surface area contributed by atoms with Gasteiger partial charge in [-0.05, 0) is 42.5 Å². The normalized spacial score (nSPS) is 10.4. The fourth-order valence-electron chi connectivity index (χ4n) is 1.63. The highest BCUT2D eigenvalue weighted by Gasteiger charge is 2.00. The first kappa shape index (κ1) is 8.95. The van der Waals surface area contributed by atoms with E-state index in [0.29, 0.717) is 0 Å². The van der Waals surface area contributed by atoms with Gasteiger partial charge in [-0.2, -0.15) is 0 Å². The third kappa shape index (κ3) is 1.41. The second kappa shape index (κ2) is 3.26. The maximum atomic E-state index is 4.13. The zero-order chi connectivity index (χ0) is 10.1. The highest BCUT2D eigenvalue weighted by molar-refractivity contribution is 5.88. The molecule has 0 fully saturated rings. The fraction of sp³-hybridized carbons (Fsp3) is 0.154. The molecule has 0 bridgehead atoms. The van der Waals surface area contributed by atoms with Gasteiger partial charge in [-0.25, -0.2) is 0 Å². The summed E-state index contributed by atoms with van der Waals surface area (Å²) < 4.78 is 0. The molecule has 1 aromatic carbocycles. The van der Waals surface area contributed by atoms with Gasteiger partial charge in [-0.15, -0.1) is 0 Å². The van der Waals surface area contributed by atoms with Crippen LogP contribution in [0.5, 0.6) is 0 Å². The summed E-state index contributed by atoms with van der Waals surface area (Å²) in [6, 6.07) is 6.35. The fourth-order valence-corrected chi connectivity index (χ4v) is 1.63. The zero-order valence-electron chi connectivity index (χ0n) is 8.54. The van der Waals surface area contributed by atoms with E-state index in [9.17, 15) is 0 Å². The standard InChI is InChI=1S/C13H13N/c1-9(2)12-6-10(3)13-8-14-5-4-11(13)7-12/h4-8H,1H2,2-3H3. The summed E-state index contributed by atoms with van der Waals surface area (Å²) in [6.07, 6.45) is 3.73. The van der Waals surface area contributed by atoms with Crippen molar-refractivity contribution in [3.8, 4) is 0 Å². The summed E-state index contributed by atoms with van der Waals surface area (Å²) >= 11 is 0. The molecule has 0 radical (unpaired) electrons. The molecular formula is C13H13N. The molecular weight excluding hydrogens is 170 g/mol. The largest absolute Gasteiger partial charge is 0.264 e. The molecule has 1 aromatic heterocycles. The number of pyridine rings is 1. The van der Waals surface area contributed by atoms with Gasteiger partial charge < -0.3 is 0 Å². The van der Waals surface area contributed by atoms with Crippen LogP contribution in [0.15, 0.2) is 37.2 Å². The minimum absolute atomic E-state index is 1.10. The van der Waals surface area contributed by atoms with Crippen molar-refractivity contribution in [3.63, 3.8) is 0 Å². The van der Waals surface area contributed by atoms with Gasteiger partial charge in [-0.3, -0.25) is 4.98 Å². The van der Waals surface area contributed by atoms with Gasteiger partial charge in [0.05, 0.1) is 0 Å². The van der Waals surface area contributed by atoms with Crippen molar-refractivity contribution in [1.82, 2.24) is 4.98 Å². The first-order valence-corrected chi connectivity index (χ1v) is 4.69. The van der Waals surface area contributed by atoms with Crippen molar-refractivity contribution in [1.29, 1.82) is 0 Å². The lowest BCUT2D eigenvalue weighted by molar-refractivity contribution is 1.35. The molecule has 0 unspecified atom stereocenters. The molecule has 1 heteroatoms. The van der Waals surface area contributed by atoms with Crippen LogP contribution in [0.25, 0.3) is 16.3 Å². The molecule has 0 saturated heterocycles. The number of allylic oxidation sites excluding steroid dienone is 1. The van der Waals surface area contributed by atoms with E-state index in [2.05, 4.69) is 30.6 Å². The molecule has 2 rings (SSSR count). The van der Waals surface area contributed by atoms with Gasteiger partial charge in [0.15, 0.2) is 0 Å². The van der Waals surface area contributed by atoms with Crippen molar-refractivity contribution in [2.24, 2.45) is 0 Å². The molecule has 14 heavy (non-hydrogen) atoms. The van der Waals surface area contributed by atoms with Crippen LogP contribution in [0.4, 0.5) is 0 Å². The third-order valence-electron chi connectivity index (χ3n) is 2.46. The molecule has 1 nitrogen and oxygen atoms in total. The Balaban J connectivity index is 2.78. The number of fused-ring (bicyclic) bond motifs is 1.